The summed E-state index contributed by atoms with van der Waals surface area (Å²) in [6, 6.07) is 10.2. The second kappa shape index (κ2) is 4.64. The van der Waals surface area contributed by atoms with E-state index in [4.69, 9.17) is 4.99 Å². The summed E-state index contributed by atoms with van der Waals surface area (Å²) >= 11 is 5.07. The lowest BCUT2D eigenvalue weighted by atomic mass is 10.1. The molecule has 5 heteroatoms. The van der Waals surface area contributed by atoms with Gasteiger partial charge in [0.05, 0.1) is 16.3 Å². The molecule has 0 atom stereocenters. The topological polar surface area (TPSA) is 34.4 Å². The molecule has 0 fully saturated rings. The SMILES string of the molecule is Cn1cc(Br)c2cc(C3=Nc4ccccc4C3)sc2c1=O. The van der Waals surface area contributed by atoms with Crippen LogP contribution in [-0.2, 0) is 13.5 Å². The number of aromatic nitrogens is 1. The molecule has 3 aromatic rings. The lowest BCUT2D eigenvalue weighted by Crippen LogP contribution is -2.14. The third kappa shape index (κ3) is 2.00. The fourth-order valence-corrected chi connectivity index (χ4v) is 4.50. The van der Waals surface area contributed by atoms with Crippen LogP contribution in [-0.4, -0.2) is 10.3 Å². The second-order valence-electron chi connectivity index (χ2n) is 5.11. The maximum Gasteiger partial charge on any atom is 0.268 e. The van der Waals surface area contributed by atoms with Gasteiger partial charge in [0.25, 0.3) is 5.56 Å². The van der Waals surface area contributed by atoms with Crippen LogP contribution in [0.1, 0.15) is 10.4 Å². The quantitative estimate of drug-likeness (QED) is 0.646. The molecule has 1 aliphatic rings. The third-order valence-electron chi connectivity index (χ3n) is 3.70. The highest BCUT2D eigenvalue weighted by atomic mass is 79.9. The number of fused-ring (bicyclic) bond motifs is 2. The number of aliphatic imine (C=N–C) groups is 1. The average Bonchev–Trinajstić information content (AvgIpc) is 3.09. The minimum atomic E-state index is 0.0422. The van der Waals surface area contributed by atoms with Gasteiger partial charge in [-0.25, -0.2) is 0 Å². The van der Waals surface area contributed by atoms with Crippen molar-refractivity contribution in [3.05, 3.63) is 61.8 Å². The Morgan fingerprint density at radius 3 is 2.95 bits per heavy atom. The Morgan fingerprint density at radius 1 is 1.33 bits per heavy atom. The highest BCUT2D eigenvalue weighted by molar-refractivity contribution is 9.10. The molecule has 0 radical (unpaired) electrons. The number of aryl methyl sites for hydroxylation is 1. The van der Waals surface area contributed by atoms with Crippen molar-refractivity contribution >= 4 is 48.8 Å². The Balaban J connectivity index is 1.89. The van der Waals surface area contributed by atoms with E-state index >= 15 is 0 Å². The van der Waals surface area contributed by atoms with E-state index in [0.29, 0.717) is 0 Å². The molecular formula is C16H11BrN2OS. The molecule has 0 unspecified atom stereocenters. The lowest BCUT2D eigenvalue weighted by molar-refractivity contribution is 0.871. The van der Waals surface area contributed by atoms with Crippen molar-refractivity contribution in [2.75, 3.05) is 0 Å². The van der Waals surface area contributed by atoms with Crippen LogP contribution >= 0.6 is 27.3 Å². The van der Waals surface area contributed by atoms with Crippen molar-refractivity contribution in [1.29, 1.82) is 0 Å². The second-order valence-corrected chi connectivity index (χ2v) is 7.02. The molecule has 0 saturated carbocycles. The number of thiophene rings is 1. The number of benzene rings is 1. The molecular weight excluding hydrogens is 348 g/mol. The molecule has 0 aliphatic carbocycles. The smallest absolute Gasteiger partial charge is 0.268 e. The molecule has 3 nitrogen and oxygen atoms in total. The monoisotopic (exact) mass is 358 g/mol. The third-order valence-corrected chi connectivity index (χ3v) is 5.50. The molecule has 0 bridgehead atoms. The van der Waals surface area contributed by atoms with Crippen LogP contribution in [0, 0.1) is 0 Å². The van der Waals surface area contributed by atoms with Crippen molar-refractivity contribution in [3.63, 3.8) is 0 Å². The van der Waals surface area contributed by atoms with Crippen LogP contribution in [0.5, 0.6) is 0 Å². The van der Waals surface area contributed by atoms with Gasteiger partial charge in [-0.05, 0) is 33.6 Å². The normalized spacial score (nSPS) is 13.5. The van der Waals surface area contributed by atoms with Gasteiger partial charge in [-0.1, -0.05) is 18.2 Å². The van der Waals surface area contributed by atoms with Crippen molar-refractivity contribution in [3.8, 4) is 0 Å². The van der Waals surface area contributed by atoms with Crippen LogP contribution in [0.25, 0.3) is 10.1 Å². The molecule has 0 N–H and O–H groups in total. The summed E-state index contributed by atoms with van der Waals surface area (Å²) in [5, 5.41) is 0.969. The summed E-state index contributed by atoms with van der Waals surface area (Å²) < 4.78 is 3.33. The van der Waals surface area contributed by atoms with E-state index in [9.17, 15) is 4.79 Å². The number of halogens is 1. The molecule has 21 heavy (non-hydrogen) atoms. The van der Waals surface area contributed by atoms with Crippen molar-refractivity contribution in [1.82, 2.24) is 4.57 Å². The summed E-state index contributed by atoms with van der Waals surface area (Å²) in [4.78, 5) is 18.0. The molecule has 2 aromatic heterocycles. The van der Waals surface area contributed by atoms with Gasteiger partial charge in [0, 0.05) is 29.5 Å². The van der Waals surface area contributed by atoms with Gasteiger partial charge in [-0.15, -0.1) is 11.3 Å². The predicted molar refractivity (Wildman–Crippen MR) is 91.1 cm³/mol. The standard InChI is InChI=1S/C16H11BrN2OS/c1-19-8-11(17)10-7-14(21-15(10)16(19)20)13-6-9-4-2-3-5-12(9)18-13/h2-5,7-8H,6H2,1H3. The van der Waals surface area contributed by atoms with E-state index in [1.165, 1.54) is 16.9 Å². The van der Waals surface area contributed by atoms with Gasteiger partial charge in [0.1, 0.15) is 4.70 Å². The zero-order valence-electron chi connectivity index (χ0n) is 11.3. The van der Waals surface area contributed by atoms with E-state index in [-0.39, 0.29) is 5.56 Å². The van der Waals surface area contributed by atoms with Crippen LogP contribution in [0.15, 0.2) is 50.8 Å². The molecule has 4 rings (SSSR count). The highest BCUT2D eigenvalue weighted by Gasteiger charge is 2.19. The highest BCUT2D eigenvalue weighted by Crippen LogP contribution is 2.34. The van der Waals surface area contributed by atoms with E-state index in [1.54, 1.807) is 11.6 Å². The Hall–Kier alpha value is -1.72. The molecule has 3 heterocycles. The van der Waals surface area contributed by atoms with Crippen LogP contribution in [0.3, 0.4) is 0 Å². The molecule has 1 aliphatic heterocycles. The number of rotatable bonds is 1. The van der Waals surface area contributed by atoms with Crippen molar-refractivity contribution in [2.24, 2.45) is 12.0 Å². The molecule has 104 valence electrons. The van der Waals surface area contributed by atoms with E-state index in [0.717, 1.165) is 37.3 Å². The Bertz CT molecular complexity index is 968. The zero-order chi connectivity index (χ0) is 14.6. The minimum Gasteiger partial charge on any atom is -0.316 e. The Labute approximate surface area is 133 Å². The molecule has 0 amide bonds. The van der Waals surface area contributed by atoms with Gasteiger partial charge in [-0.2, -0.15) is 0 Å². The van der Waals surface area contributed by atoms with Crippen molar-refractivity contribution in [2.45, 2.75) is 6.42 Å². The first kappa shape index (κ1) is 13.0. The number of pyridine rings is 1. The van der Waals surface area contributed by atoms with E-state index in [1.807, 2.05) is 24.4 Å². The molecule has 0 saturated heterocycles. The van der Waals surface area contributed by atoms with E-state index in [2.05, 4.69) is 28.1 Å². The van der Waals surface area contributed by atoms with Crippen LogP contribution in [0.4, 0.5) is 5.69 Å². The van der Waals surface area contributed by atoms with Crippen LogP contribution in [0.2, 0.25) is 0 Å². The van der Waals surface area contributed by atoms with Gasteiger partial charge < -0.3 is 4.57 Å². The largest absolute Gasteiger partial charge is 0.316 e. The number of hydrogen-bond acceptors (Lipinski definition) is 3. The Morgan fingerprint density at radius 2 is 2.14 bits per heavy atom. The fourth-order valence-electron chi connectivity index (χ4n) is 2.60. The lowest BCUT2D eigenvalue weighted by Gasteiger charge is -1.98. The zero-order valence-corrected chi connectivity index (χ0v) is 13.7. The molecule has 0 spiro atoms. The summed E-state index contributed by atoms with van der Waals surface area (Å²) in [6.07, 6.45) is 2.65. The summed E-state index contributed by atoms with van der Waals surface area (Å²) in [7, 11) is 1.77. The number of para-hydroxylation sites is 1. The maximum absolute atomic E-state index is 12.2. The maximum atomic E-state index is 12.2. The summed E-state index contributed by atoms with van der Waals surface area (Å²) in [6.45, 7) is 0. The minimum absolute atomic E-state index is 0.0422. The van der Waals surface area contributed by atoms with Gasteiger partial charge >= 0.3 is 0 Å². The summed E-state index contributed by atoms with van der Waals surface area (Å²) in [5.41, 5.74) is 3.38. The van der Waals surface area contributed by atoms with E-state index < -0.39 is 0 Å². The van der Waals surface area contributed by atoms with Gasteiger partial charge in [0.15, 0.2) is 0 Å². The molecule has 1 aromatic carbocycles. The van der Waals surface area contributed by atoms with Crippen LogP contribution < -0.4 is 5.56 Å². The first-order chi connectivity index (χ1) is 10.1. The van der Waals surface area contributed by atoms with Gasteiger partial charge in [0.2, 0.25) is 0 Å². The first-order valence-electron chi connectivity index (χ1n) is 6.58. The Kier molecular flexibility index (Phi) is 2.87. The summed E-state index contributed by atoms with van der Waals surface area (Å²) in [5.74, 6) is 0. The first-order valence-corrected chi connectivity index (χ1v) is 8.19. The number of nitrogens with zero attached hydrogens (tertiary/aromatic N) is 2. The van der Waals surface area contributed by atoms with Gasteiger partial charge in [-0.3, -0.25) is 9.79 Å². The van der Waals surface area contributed by atoms with Crippen molar-refractivity contribution < 1.29 is 0 Å². The fraction of sp³-hybridized carbons (Fsp3) is 0.125. The predicted octanol–water partition coefficient (Wildman–Crippen LogP) is 4.04. The number of hydrogen-bond donors (Lipinski definition) is 0. The average molecular weight is 359 g/mol.